The van der Waals surface area contributed by atoms with Crippen molar-refractivity contribution in [1.29, 1.82) is 0 Å². The fourth-order valence-corrected chi connectivity index (χ4v) is 1.39. The molecule has 68 valence electrons. The summed E-state index contributed by atoms with van der Waals surface area (Å²) in [5.41, 5.74) is 1.74. The molecule has 0 aliphatic heterocycles. The van der Waals surface area contributed by atoms with Crippen LogP contribution in [-0.2, 0) is 0 Å². The van der Waals surface area contributed by atoms with E-state index in [1.807, 2.05) is 38.1 Å². The van der Waals surface area contributed by atoms with E-state index in [0.29, 0.717) is 0 Å². The van der Waals surface area contributed by atoms with Gasteiger partial charge in [-0.3, -0.25) is 4.79 Å². The largest absolute Gasteiger partial charge is 0.289 e. The molecule has 0 heterocycles. The Morgan fingerprint density at radius 2 is 2.08 bits per heavy atom. The van der Waals surface area contributed by atoms with Crippen molar-refractivity contribution in [3.05, 3.63) is 46.0 Å². The van der Waals surface area contributed by atoms with Gasteiger partial charge in [-0.05, 0) is 32.1 Å². The van der Waals surface area contributed by atoms with Gasteiger partial charge >= 0.3 is 0 Å². The van der Waals surface area contributed by atoms with Gasteiger partial charge < -0.3 is 0 Å². The minimum Gasteiger partial charge on any atom is -0.289 e. The molecule has 0 N–H and O–H groups in total. The highest BCUT2D eigenvalue weighted by Gasteiger charge is 2.01. The van der Waals surface area contributed by atoms with Gasteiger partial charge in [0.2, 0.25) is 0 Å². The number of ketones is 1. The van der Waals surface area contributed by atoms with Crippen LogP contribution in [0, 0.1) is 0 Å². The van der Waals surface area contributed by atoms with Crippen LogP contribution in [0.5, 0.6) is 0 Å². The van der Waals surface area contributed by atoms with E-state index in [0.717, 1.165) is 15.6 Å². The van der Waals surface area contributed by atoms with Crippen LogP contribution < -0.4 is 0 Å². The van der Waals surface area contributed by atoms with Gasteiger partial charge in [-0.2, -0.15) is 0 Å². The number of carbonyl (C=O) groups is 1. The van der Waals surface area contributed by atoms with E-state index in [2.05, 4.69) is 15.9 Å². The third kappa shape index (κ3) is 3.15. The molecule has 13 heavy (non-hydrogen) atoms. The molecule has 0 aliphatic carbocycles. The second-order valence-electron chi connectivity index (χ2n) is 3.10. The molecule has 0 aliphatic rings. The zero-order valence-corrected chi connectivity index (χ0v) is 9.26. The summed E-state index contributed by atoms with van der Waals surface area (Å²) in [6.45, 7) is 3.83. The summed E-state index contributed by atoms with van der Waals surface area (Å²) in [6.07, 6.45) is 1.64. The van der Waals surface area contributed by atoms with Gasteiger partial charge in [0.1, 0.15) is 0 Å². The Labute approximate surface area is 86.6 Å². The molecule has 2 heteroatoms. The van der Waals surface area contributed by atoms with E-state index >= 15 is 0 Å². The topological polar surface area (TPSA) is 17.1 Å². The Kier molecular flexibility index (Phi) is 3.43. The highest BCUT2D eigenvalue weighted by molar-refractivity contribution is 9.10. The van der Waals surface area contributed by atoms with Crippen molar-refractivity contribution < 1.29 is 4.79 Å². The molecule has 0 saturated carbocycles. The van der Waals surface area contributed by atoms with E-state index in [9.17, 15) is 4.79 Å². The Morgan fingerprint density at radius 3 is 2.62 bits per heavy atom. The standard InChI is InChI=1S/C11H11BrO/c1-8(2)6-11(13)9-4-3-5-10(12)7-9/h3-7H,1-2H3. The number of hydrogen-bond donors (Lipinski definition) is 0. The molecule has 0 aromatic heterocycles. The summed E-state index contributed by atoms with van der Waals surface area (Å²) >= 11 is 3.32. The van der Waals surface area contributed by atoms with Crippen molar-refractivity contribution in [3.63, 3.8) is 0 Å². The molecule has 0 atom stereocenters. The zero-order chi connectivity index (χ0) is 9.84. The number of hydrogen-bond acceptors (Lipinski definition) is 1. The van der Waals surface area contributed by atoms with Crippen LogP contribution >= 0.6 is 15.9 Å². The molecule has 0 radical (unpaired) electrons. The molecular weight excluding hydrogens is 228 g/mol. The zero-order valence-electron chi connectivity index (χ0n) is 7.67. The summed E-state index contributed by atoms with van der Waals surface area (Å²) in [4.78, 5) is 11.5. The van der Waals surface area contributed by atoms with E-state index < -0.39 is 0 Å². The molecule has 0 spiro atoms. The van der Waals surface area contributed by atoms with E-state index in [1.54, 1.807) is 6.08 Å². The molecular formula is C11H11BrO. The molecule has 0 bridgehead atoms. The second kappa shape index (κ2) is 4.38. The predicted molar refractivity (Wildman–Crippen MR) is 57.9 cm³/mol. The first-order valence-electron chi connectivity index (χ1n) is 4.04. The number of halogens is 1. The molecule has 0 fully saturated rings. The van der Waals surface area contributed by atoms with Gasteiger partial charge in [-0.25, -0.2) is 0 Å². The number of benzene rings is 1. The highest BCUT2D eigenvalue weighted by atomic mass is 79.9. The first-order valence-corrected chi connectivity index (χ1v) is 4.83. The monoisotopic (exact) mass is 238 g/mol. The van der Waals surface area contributed by atoms with Crippen LogP contribution in [0.2, 0.25) is 0 Å². The summed E-state index contributed by atoms with van der Waals surface area (Å²) in [7, 11) is 0. The molecule has 0 saturated heterocycles. The van der Waals surface area contributed by atoms with E-state index in [-0.39, 0.29) is 5.78 Å². The molecule has 0 amide bonds. The first-order chi connectivity index (χ1) is 6.09. The Morgan fingerprint density at radius 1 is 1.38 bits per heavy atom. The van der Waals surface area contributed by atoms with Gasteiger partial charge in [0.15, 0.2) is 5.78 Å². The average molecular weight is 239 g/mol. The fraction of sp³-hybridized carbons (Fsp3) is 0.182. The van der Waals surface area contributed by atoms with Gasteiger partial charge in [0, 0.05) is 10.0 Å². The molecule has 1 nitrogen and oxygen atoms in total. The maximum Gasteiger partial charge on any atom is 0.185 e. The van der Waals surface area contributed by atoms with E-state index in [4.69, 9.17) is 0 Å². The van der Waals surface area contributed by atoms with Crippen molar-refractivity contribution in [1.82, 2.24) is 0 Å². The molecule has 0 unspecified atom stereocenters. The van der Waals surface area contributed by atoms with Gasteiger partial charge in [-0.1, -0.05) is 33.6 Å². The maximum absolute atomic E-state index is 11.5. The maximum atomic E-state index is 11.5. The second-order valence-corrected chi connectivity index (χ2v) is 4.01. The lowest BCUT2D eigenvalue weighted by Crippen LogP contribution is -1.94. The summed E-state index contributed by atoms with van der Waals surface area (Å²) in [5, 5.41) is 0. The Balaban J connectivity index is 2.96. The lowest BCUT2D eigenvalue weighted by Gasteiger charge is -1.96. The molecule has 1 aromatic carbocycles. The van der Waals surface area contributed by atoms with Crippen LogP contribution in [0.3, 0.4) is 0 Å². The lowest BCUT2D eigenvalue weighted by molar-refractivity contribution is 0.104. The smallest absolute Gasteiger partial charge is 0.185 e. The predicted octanol–water partition coefficient (Wildman–Crippen LogP) is 3.60. The Hall–Kier alpha value is -0.890. The Bertz CT molecular complexity index is 349. The van der Waals surface area contributed by atoms with Gasteiger partial charge in [-0.15, -0.1) is 0 Å². The van der Waals surface area contributed by atoms with Gasteiger partial charge in [0.25, 0.3) is 0 Å². The first kappa shape index (κ1) is 10.2. The third-order valence-electron chi connectivity index (χ3n) is 1.53. The minimum absolute atomic E-state index is 0.0568. The van der Waals surface area contributed by atoms with Gasteiger partial charge in [0.05, 0.1) is 0 Å². The van der Waals surface area contributed by atoms with Crippen molar-refractivity contribution in [2.45, 2.75) is 13.8 Å². The minimum atomic E-state index is 0.0568. The van der Waals surface area contributed by atoms with Crippen LogP contribution in [0.4, 0.5) is 0 Å². The van der Waals surface area contributed by atoms with Crippen molar-refractivity contribution >= 4 is 21.7 Å². The van der Waals surface area contributed by atoms with Crippen LogP contribution in [0.1, 0.15) is 24.2 Å². The lowest BCUT2D eigenvalue weighted by atomic mass is 10.1. The fourth-order valence-electron chi connectivity index (χ4n) is 0.987. The molecule has 1 rings (SSSR count). The van der Waals surface area contributed by atoms with Crippen molar-refractivity contribution in [3.8, 4) is 0 Å². The average Bonchev–Trinajstić information content (AvgIpc) is 2.03. The van der Waals surface area contributed by atoms with E-state index in [1.165, 1.54) is 0 Å². The number of carbonyl (C=O) groups excluding carboxylic acids is 1. The summed E-state index contributed by atoms with van der Waals surface area (Å²) < 4.78 is 0.931. The van der Waals surface area contributed by atoms with Crippen LogP contribution in [0.15, 0.2) is 40.4 Å². The third-order valence-corrected chi connectivity index (χ3v) is 2.02. The van der Waals surface area contributed by atoms with Crippen LogP contribution in [-0.4, -0.2) is 5.78 Å². The SMILES string of the molecule is CC(C)=CC(=O)c1cccc(Br)c1. The quantitative estimate of drug-likeness (QED) is 0.569. The number of rotatable bonds is 2. The highest BCUT2D eigenvalue weighted by Crippen LogP contribution is 2.12. The van der Waals surface area contributed by atoms with Crippen LogP contribution in [0.25, 0.3) is 0 Å². The normalized spacial score (nSPS) is 9.46. The summed E-state index contributed by atoms with van der Waals surface area (Å²) in [5.74, 6) is 0.0568. The number of allylic oxidation sites excluding steroid dienone is 2. The van der Waals surface area contributed by atoms with Crippen molar-refractivity contribution in [2.24, 2.45) is 0 Å². The molecule has 1 aromatic rings. The van der Waals surface area contributed by atoms with Crippen molar-refractivity contribution in [2.75, 3.05) is 0 Å². The summed E-state index contributed by atoms with van der Waals surface area (Å²) in [6, 6.07) is 7.39.